The molecule has 25 heavy (non-hydrogen) atoms. The first kappa shape index (κ1) is 20.0. The van der Waals surface area contributed by atoms with E-state index in [1.807, 2.05) is 4.90 Å². The Kier molecular flexibility index (Phi) is 8.00. The monoisotopic (exact) mass is 352 g/mol. The van der Waals surface area contributed by atoms with E-state index in [0.717, 1.165) is 51.5 Å². The van der Waals surface area contributed by atoms with Gasteiger partial charge in [0, 0.05) is 19.5 Å². The summed E-state index contributed by atoms with van der Waals surface area (Å²) in [6, 6.07) is 0. The van der Waals surface area contributed by atoms with Gasteiger partial charge in [-0.1, -0.05) is 26.7 Å². The number of carbonyl (C=O) groups is 1. The summed E-state index contributed by atoms with van der Waals surface area (Å²) in [5, 5.41) is 2.99. The maximum absolute atomic E-state index is 11.7. The lowest BCUT2D eigenvalue weighted by molar-refractivity contribution is -0.121. The molecule has 2 aliphatic rings. The van der Waals surface area contributed by atoms with Gasteiger partial charge in [0.15, 0.2) is 11.7 Å². The molecule has 0 aromatic carbocycles. The van der Waals surface area contributed by atoms with E-state index in [2.05, 4.69) is 19.2 Å². The third-order valence-corrected chi connectivity index (χ3v) is 5.07. The van der Waals surface area contributed by atoms with E-state index in [9.17, 15) is 4.79 Å². The van der Waals surface area contributed by atoms with Crippen molar-refractivity contribution in [3.63, 3.8) is 0 Å². The predicted octanol–water partition coefficient (Wildman–Crippen LogP) is 2.97. The zero-order valence-electron chi connectivity index (χ0n) is 16.1. The molecule has 0 unspecified atom stereocenters. The van der Waals surface area contributed by atoms with Gasteiger partial charge in [-0.05, 0) is 50.9 Å². The Hall–Kier alpha value is -1.30. The fraction of sp³-hybridized carbons (Fsp3) is 0.895. The number of ether oxygens (including phenoxy) is 1. The van der Waals surface area contributed by atoms with E-state index in [1.54, 1.807) is 0 Å². The molecule has 1 heterocycles. The standard InChI is InChI=1S/C19H36N4O2/c1-3-5-10-19(11-6-4-2)22-18(20)23(15-25-19)13-7-12-21-17(24)14-16-8-9-16/h16H,3-15H2,1-2H3,(H2,20,22)(H,21,24). The summed E-state index contributed by atoms with van der Waals surface area (Å²) in [6.07, 6.45) is 10.3. The van der Waals surface area contributed by atoms with Crippen molar-refractivity contribution >= 4 is 11.9 Å². The summed E-state index contributed by atoms with van der Waals surface area (Å²) in [5.41, 5.74) is 5.80. The molecular formula is C19H36N4O2. The summed E-state index contributed by atoms with van der Waals surface area (Å²) in [5.74, 6) is 1.40. The average molecular weight is 353 g/mol. The number of hydrogen-bond donors (Lipinski definition) is 2. The van der Waals surface area contributed by atoms with Crippen molar-refractivity contribution in [1.82, 2.24) is 10.2 Å². The number of guanidine groups is 1. The van der Waals surface area contributed by atoms with Gasteiger partial charge in [0.2, 0.25) is 5.91 Å². The molecule has 2 rings (SSSR count). The van der Waals surface area contributed by atoms with Gasteiger partial charge in [0.25, 0.3) is 0 Å². The molecule has 0 bridgehead atoms. The topological polar surface area (TPSA) is 80.0 Å². The molecule has 0 atom stereocenters. The van der Waals surface area contributed by atoms with Gasteiger partial charge in [0.1, 0.15) is 6.73 Å². The fourth-order valence-electron chi connectivity index (χ4n) is 3.20. The normalized spacial score (nSPS) is 19.6. The molecule has 0 spiro atoms. The third-order valence-electron chi connectivity index (χ3n) is 5.07. The minimum absolute atomic E-state index is 0.178. The van der Waals surface area contributed by atoms with Crippen LogP contribution in [0.2, 0.25) is 0 Å². The summed E-state index contributed by atoms with van der Waals surface area (Å²) in [4.78, 5) is 18.4. The minimum Gasteiger partial charge on any atom is -0.370 e. The second-order valence-electron chi connectivity index (χ2n) is 7.51. The van der Waals surface area contributed by atoms with Crippen LogP contribution in [0.1, 0.15) is 78.1 Å². The van der Waals surface area contributed by atoms with Crippen molar-refractivity contribution < 1.29 is 9.53 Å². The van der Waals surface area contributed by atoms with Crippen LogP contribution in [0.5, 0.6) is 0 Å². The lowest BCUT2D eigenvalue weighted by Crippen LogP contribution is -2.50. The lowest BCUT2D eigenvalue weighted by atomic mass is 9.99. The zero-order valence-corrected chi connectivity index (χ0v) is 16.1. The average Bonchev–Trinajstić information content (AvgIpc) is 3.40. The molecule has 1 saturated carbocycles. The van der Waals surface area contributed by atoms with E-state index in [-0.39, 0.29) is 5.91 Å². The Morgan fingerprint density at radius 3 is 2.52 bits per heavy atom. The van der Waals surface area contributed by atoms with Gasteiger partial charge in [-0.15, -0.1) is 0 Å². The van der Waals surface area contributed by atoms with Crippen LogP contribution >= 0.6 is 0 Å². The van der Waals surface area contributed by atoms with E-state index >= 15 is 0 Å². The Labute approximate surface area is 152 Å². The van der Waals surface area contributed by atoms with Crippen LogP contribution in [0, 0.1) is 5.92 Å². The molecule has 0 aromatic rings. The van der Waals surface area contributed by atoms with Gasteiger partial charge in [-0.2, -0.15) is 0 Å². The number of hydrogen-bond acceptors (Lipinski definition) is 5. The van der Waals surface area contributed by atoms with Crippen LogP contribution in [-0.4, -0.2) is 42.3 Å². The second kappa shape index (κ2) is 10.00. The van der Waals surface area contributed by atoms with Crippen LogP contribution in [-0.2, 0) is 9.53 Å². The van der Waals surface area contributed by atoms with Crippen LogP contribution in [0.3, 0.4) is 0 Å². The quantitative estimate of drug-likeness (QED) is 0.529. The fourth-order valence-corrected chi connectivity index (χ4v) is 3.20. The molecule has 1 amide bonds. The number of nitrogens with zero attached hydrogens (tertiary/aromatic N) is 2. The number of nitrogens with two attached hydrogens (primary N) is 1. The van der Waals surface area contributed by atoms with Gasteiger partial charge in [0.05, 0.1) is 0 Å². The minimum atomic E-state index is -0.426. The van der Waals surface area contributed by atoms with Crippen LogP contribution < -0.4 is 11.1 Å². The highest BCUT2D eigenvalue weighted by Gasteiger charge is 2.34. The first-order valence-corrected chi connectivity index (χ1v) is 10.1. The van der Waals surface area contributed by atoms with Crippen molar-refractivity contribution in [3.05, 3.63) is 0 Å². The Bertz CT molecular complexity index is 441. The van der Waals surface area contributed by atoms with Gasteiger partial charge < -0.3 is 20.7 Å². The Balaban J connectivity index is 1.75. The molecule has 6 nitrogen and oxygen atoms in total. The number of rotatable bonds is 12. The molecule has 1 fully saturated rings. The maximum atomic E-state index is 11.7. The number of unbranched alkanes of at least 4 members (excludes halogenated alkanes) is 2. The first-order valence-electron chi connectivity index (χ1n) is 10.1. The second-order valence-corrected chi connectivity index (χ2v) is 7.51. The third kappa shape index (κ3) is 6.84. The van der Waals surface area contributed by atoms with Crippen LogP contribution in [0.4, 0.5) is 0 Å². The number of aliphatic imine (C=N–C) groups is 1. The van der Waals surface area contributed by atoms with E-state index in [1.165, 1.54) is 12.8 Å². The Morgan fingerprint density at radius 2 is 1.96 bits per heavy atom. The first-order chi connectivity index (χ1) is 12.1. The molecule has 3 N–H and O–H groups in total. The highest BCUT2D eigenvalue weighted by molar-refractivity contribution is 5.79. The predicted molar refractivity (Wildman–Crippen MR) is 101 cm³/mol. The van der Waals surface area contributed by atoms with E-state index in [4.69, 9.17) is 15.5 Å². The molecule has 1 aliphatic carbocycles. The van der Waals surface area contributed by atoms with Gasteiger partial charge >= 0.3 is 0 Å². The van der Waals surface area contributed by atoms with Crippen molar-refractivity contribution in [3.8, 4) is 0 Å². The van der Waals surface area contributed by atoms with E-state index in [0.29, 0.717) is 31.6 Å². The van der Waals surface area contributed by atoms with Crippen molar-refractivity contribution in [2.45, 2.75) is 83.8 Å². The smallest absolute Gasteiger partial charge is 0.220 e. The molecule has 0 aromatic heterocycles. The van der Waals surface area contributed by atoms with Crippen molar-refractivity contribution in [1.29, 1.82) is 0 Å². The summed E-state index contributed by atoms with van der Waals surface area (Å²) < 4.78 is 6.16. The number of carbonyl (C=O) groups excluding carboxylic acids is 1. The van der Waals surface area contributed by atoms with Crippen molar-refractivity contribution in [2.75, 3.05) is 19.8 Å². The molecular weight excluding hydrogens is 316 g/mol. The number of nitrogens with one attached hydrogen (secondary N) is 1. The van der Waals surface area contributed by atoms with Crippen LogP contribution in [0.15, 0.2) is 4.99 Å². The van der Waals surface area contributed by atoms with Crippen LogP contribution in [0.25, 0.3) is 0 Å². The molecule has 0 radical (unpaired) electrons. The molecule has 1 aliphatic heterocycles. The molecule has 6 heteroatoms. The van der Waals surface area contributed by atoms with E-state index < -0.39 is 5.72 Å². The highest BCUT2D eigenvalue weighted by Crippen LogP contribution is 2.32. The zero-order chi connectivity index (χ0) is 18.1. The van der Waals surface area contributed by atoms with Crippen molar-refractivity contribution in [2.24, 2.45) is 16.6 Å². The molecule has 0 saturated heterocycles. The Morgan fingerprint density at radius 1 is 1.28 bits per heavy atom. The lowest BCUT2D eigenvalue weighted by Gasteiger charge is -2.39. The summed E-state index contributed by atoms with van der Waals surface area (Å²) in [7, 11) is 0. The summed E-state index contributed by atoms with van der Waals surface area (Å²) in [6.45, 7) is 6.32. The SMILES string of the molecule is CCCCC1(CCCC)N=C(N)N(CCCNC(=O)CC2CC2)CO1. The van der Waals surface area contributed by atoms with Gasteiger partial charge in [-0.25, -0.2) is 4.99 Å². The van der Waals surface area contributed by atoms with Gasteiger partial charge in [-0.3, -0.25) is 4.79 Å². The maximum Gasteiger partial charge on any atom is 0.220 e. The summed E-state index contributed by atoms with van der Waals surface area (Å²) >= 11 is 0. The number of amides is 1. The highest BCUT2D eigenvalue weighted by atomic mass is 16.5. The molecule has 144 valence electrons. The largest absolute Gasteiger partial charge is 0.370 e.